The number of hydrogen-bond donors (Lipinski definition) is 0. The van der Waals surface area contributed by atoms with Gasteiger partial charge in [-0.25, -0.2) is 4.79 Å². The zero-order valence-corrected chi connectivity index (χ0v) is 12.4. The Balaban J connectivity index is 2.27. The molecule has 0 aliphatic heterocycles. The Labute approximate surface area is 131 Å². The minimum absolute atomic E-state index is 0.130. The summed E-state index contributed by atoms with van der Waals surface area (Å²) in [5.74, 6) is -6.17. The van der Waals surface area contributed by atoms with Gasteiger partial charge in [0.2, 0.25) is 0 Å². The van der Waals surface area contributed by atoms with Crippen LogP contribution in [0, 0.1) is 0 Å². The van der Waals surface area contributed by atoms with Crippen molar-refractivity contribution in [3.05, 3.63) is 60.4 Å². The maximum Gasteiger partial charge on any atom is 0.399 e. The maximum atomic E-state index is 14.6. The zero-order chi connectivity index (χ0) is 16.4. The van der Waals surface area contributed by atoms with Gasteiger partial charge in [0.1, 0.15) is 5.58 Å². The first-order chi connectivity index (χ1) is 11.1. The number of hydrogen-bond acceptors (Lipinski definition) is 3. The van der Waals surface area contributed by atoms with E-state index in [-0.39, 0.29) is 12.2 Å². The second-order valence-electron chi connectivity index (χ2n) is 4.96. The molecule has 0 radical (unpaired) electrons. The Morgan fingerprint density at radius 2 is 1.74 bits per heavy atom. The van der Waals surface area contributed by atoms with Crippen LogP contribution in [0.3, 0.4) is 0 Å². The monoisotopic (exact) mass is 316 g/mol. The van der Waals surface area contributed by atoms with E-state index in [0.717, 1.165) is 0 Å². The van der Waals surface area contributed by atoms with Crippen LogP contribution >= 0.6 is 0 Å². The first kappa shape index (κ1) is 15.2. The molecule has 0 aliphatic carbocycles. The lowest BCUT2D eigenvalue weighted by molar-refractivity contribution is -0.175. The Morgan fingerprint density at radius 3 is 2.43 bits per heavy atom. The number of carbonyl (C=O) groups is 1. The predicted octanol–water partition coefficient (Wildman–Crippen LogP) is 4.75. The molecule has 3 rings (SSSR count). The number of ether oxygens (including phenoxy) is 1. The van der Waals surface area contributed by atoms with E-state index in [1.165, 1.54) is 6.92 Å². The standard InChI is InChI=1S/C18H14F2O3/c1-2-22-17(21)18(19,20)16-15(12-8-4-3-5-9-12)13-10-6-7-11-14(13)23-16/h3-11H,2H2,1H3. The largest absolute Gasteiger partial charge is 0.461 e. The smallest absolute Gasteiger partial charge is 0.399 e. The molecule has 0 spiro atoms. The van der Waals surface area contributed by atoms with E-state index in [1.807, 2.05) is 0 Å². The number of halogens is 2. The van der Waals surface area contributed by atoms with Crippen molar-refractivity contribution in [1.82, 2.24) is 0 Å². The molecule has 3 aromatic rings. The van der Waals surface area contributed by atoms with E-state index < -0.39 is 17.7 Å². The molecule has 2 aromatic carbocycles. The molecule has 0 bridgehead atoms. The third kappa shape index (κ3) is 2.59. The lowest BCUT2D eigenvalue weighted by atomic mass is 9.99. The molecule has 0 saturated carbocycles. The second-order valence-corrected chi connectivity index (χ2v) is 4.96. The number of benzene rings is 2. The van der Waals surface area contributed by atoms with Crippen molar-refractivity contribution >= 4 is 16.9 Å². The highest BCUT2D eigenvalue weighted by molar-refractivity contribution is 5.98. The van der Waals surface area contributed by atoms with Crippen LogP contribution in [-0.4, -0.2) is 12.6 Å². The molecule has 23 heavy (non-hydrogen) atoms. The molecular weight excluding hydrogens is 302 g/mol. The van der Waals surface area contributed by atoms with Crippen molar-refractivity contribution in [2.45, 2.75) is 12.8 Å². The number of para-hydroxylation sites is 1. The summed E-state index contributed by atoms with van der Waals surface area (Å²) in [4.78, 5) is 11.7. The highest BCUT2D eigenvalue weighted by Crippen LogP contribution is 2.43. The van der Waals surface area contributed by atoms with Crippen LogP contribution in [0.1, 0.15) is 12.7 Å². The van der Waals surface area contributed by atoms with Crippen molar-refractivity contribution in [3.63, 3.8) is 0 Å². The van der Waals surface area contributed by atoms with Crippen LogP contribution in [-0.2, 0) is 15.5 Å². The maximum absolute atomic E-state index is 14.6. The van der Waals surface area contributed by atoms with Gasteiger partial charge >= 0.3 is 11.9 Å². The lowest BCUT2D eigenvalue weighted by Gasteiger charge is -2.14. The third-order valence-corrected chi connectivity index (χ3v) is 3.47. The molecule has 5 heteroatoms. The molecule has 118 valence electrons. The van der Waals surface area contributed by atoms with Crippen LogP contribution in [0.25, 0.3) is 22.1 Å². The molecule has 1 aromatic heterocycles. The summed E-state index contributed by atoms with van der Waals surface area (Å²) in [5, 5.41) is 0.526. The van der Waals surface area contributed by atoms with E-state index >= 15 is 0 Å². The molecule has 0 fully saturated rings. The van der Waals surface area contributed by atoms with Crippen molar-refractivity contribution in [1.29, 1.82) is 0 Å². The number of rotatable bonds is 4. The lowest BCUT2D eigenvalue weighted by Crippen LogP contribution is -2.28. The van der Waals surface area contributed by atoms with E-state index in [0.29, 0.717) is 16.5 Å². The van der Waals surface area contributed by atoms with Crippen molar-refractivity contribution < 1.29 is 22.7 Å². The predicted molar refractivity (Wildman–Crippen MR) is 82.2 cm³/mol. The molecule has 0 atom stereocenters. The molecule has 0 saturated heterocycles. The summed E-state index contributed by atoms with van der Waals surface area (Å²) in [6.45, 7) is 1.35. The van der Waals surface area contributed by atoms with Crippen LogP contribution in [0.5, 0.6) is 0 Å². The molecule has 0 N–H and O–H groups in total. The third-order valence-electron chi connectivity index (χ3n) is 3.47. The quantitative estimate of drug-likeness (QED) is 0.652. The SMILES string of the molecule is CCOC(=O)C(F)(F)c1oc2ccccc2c1-c1ccccc1. The minimum Gasteiger partial charge on any atom is -0.461 e. The first-order valence-electron chi connectivity index (χ1n) is 7.18. The van der Waals surface area contributed by atoms with Crippen LogP contribution in [0.15, 0.2) is 59.0 Å². The summed E-state index contributed by atoms with van der Waals surface area (Å²) in [7, 11) is 0. The average Bonchev–Trinajstić information content (AvgIpc) is 2.96. The van der Waals surface area contributed by atoms with Gasteiger partial charge in [-0.15, -0.1) is 0 Å². The van der Waals surface area contributed by atoms with Crippen molar-refractivity contribution in [3.8, 4) is 11.1 Å². The average molecular weight is 316 g/mol. The number of carbonyl (C=O) groups excluding carboxylic acids is 1. The van der Waals surface area contributed by atoms with Gasteiger partial charge < -0.3 is 9.15 Å². The van der Waals surface area contributed by atoms with Gasteiger partial charge in [0.25, 0.3) is 0 Å². The molecule has 0 unspecified atom stereocenters. The van der Waals surface area contributed by atoms with Crippen molar-refractivity contribution in [2.75, 3.05) is 6.61 Å². The highest BCUT2D eigenvalue weighted by atomic mass is 19.3. The van der Waals surface area contributed by atoms with Crippen LogP contribution < -0.4 is 0 Å². The summed E-state index contributed by atoms with van der Waals surface area (Å²) in [5.41, 5.74) is 1.06. The van der Waals surface area contributed by atoms with Gasteiger partial charge in [0.05, 0.1) is 6.61 Å². The zero-order valence-electron chi connectivity index (χ0n) is 12.4. The second kappa shape index (κ2) is 5.83. The Bertz CT molecular complexity index is 838. The van der Waals surface area contributed by atoms with Crippen LogP contribution in [0.4, 0.5) is 8.78 Å². The summed E-state index contributed by atoms with van der Waals surface area (Å²) >= 11 is 0. The van der Waals surface area contributed by atoms with E-state index in [2.05, 4.69) is 4.74 Å². The summed E-state index contributed by atoms with van der Waals surface area (Å²) in [6.07, 6.45) is 0. The van der Waals surface area contributed by atoms with E-state index in [9.17, 15) is 13.6 Å². The topological polar surface area (TPSA) is 39.4 Å². The molecule has 0 amide bonds. The van der Waals surface area contributed by atoms with Gasteiger partial charge in [-0.2, -0.15) is 8.78 Å². The van der Waals surface area contributed by atoms with Gasteiger partial charge in [-0.05, 0) is 18.6 Å². The summed E-state index contributed by atoms with van der Waals surface area (Å²) < 4.78 is 38.9. The minimum atomic E-state index is -3.86. The Hall–Kier alpha value is -2.69. The fourth-order valence-electron chi connectivity index (χ4n) is 2.47. The molecule has 1 heterocycles. The molecular formula is C18H14F2O3. The summed E-state index contributed by atoms with van der Waals surface area (Å²) in [6, 6.07) is 15.4. The highest BCUT2D eigenvalue weighted by Gasteiger charge is 2.48. The number of esters is 1. The fraction of sp³-hybridized carbons (Fsp3) is 0.167. The Kier molecular flexibility index (Phi) is 3.86. The molecule has 3 nitrogen and oxygen atoms in total. The van der Waals surface area contributed by atoms with Gasteiger partial charge in [-0.1, -0.05) is 48.5 Å². The number of fused-ring (bicyclic) bond motifs is 1. The molecule has 0 aliphatic rings. The van der Waals surface area contributed by atoms with Crippen molar-refractivity contribution in [2.24, 2.45) is 0 Å². The van der Waals surface area contributed by atoms with E-state index in [4.69, 9.17) is 4.42 Å². The van der Waals surface area contributed by atoms with Gasteiger partial charge in [0, 0.05) is 10.9 Å². The first-order valence-corrected chi connectivity index (χ1v) is 7.18. The fourth-order valence-corrected chi connectivity index (χ4v) is 2.47. The van der Waals surface area contributed by atoms with Gasteiger partial charge in [0.15, 0.2) is 5.76 Å². The van der Waals surface area contributed by atoms with E-state index in [1.54, 1.807) is 54.6 Å². The number of furan rings is 1. The number of alkyl halides is 2. The van der Waals surface area contributed by atoms with Crippen LogP contribution in [0.2, 0.25) is 0 Å². The Morgan fingerprint density at radius 1 is 1.09 bits per heavy atom. The normalized spacial score (nSPS) is 11.6. The van der Waals surface area contributed by atoms with Gasteiger partial charge in [-0.3, -0.25) is 0 Å².